The molecule has 1 aliphatic rings. The third-order valence-corrected chi connectivity index (χ3v) is 7.21. The number of hydrogen-bond acceptors (Lipinski definition) is 3. The molecule has 5 rings (SSSR count). The summed E-state index contributed by atoms with van der Waals surface area (Å²) in [5.74, 6) is 2.12. The molecule has 4 aromatic rings. The first-order chi connectivity index (χ1) is 17.7. The molecule has 0 N–H and O–H groups in total. The summed E-state index contributed by atoms with van der Waals surface area (Å²) in [7, 11) is 0. The van der Waals surface area contributed by atoms with Crippen LogP contribution in [0.2, 0.25) is 0 Å². The first kappa shape index (κ1) is 25.1. The maximum atomic E-state index is 13.1. The molecule has 2 heterocycles. The quantitative estimate of drug-likeness (QED) is 0.261. The highest BCUT2D eigenvalue weighted by Crippen LogP contribution is 2.34. The number of carbonyl (C=O) groups excluding carboxylic acids is 1. The van der Waals surface area contributed by atoms with Crippen molar-refractivity contribution in [3.05, 3.63) is 89.2 Å². The summed E-state index contributed by atoms with van der Waals surface area (Å²) in [6, 6.07) is 23.0. The minimum Gasteiger partial charge on any atom is -0.494 e. The Bertz CT molecular complexity index is 1390. The monoisotopic (exact) mass is 495 g/mol. The van der Waals surface area contributed by atoms with Crippen LogP contribution in [0.4, 0.5) is 5.69 Å². The van der Waals surface area contributed by atoms with Crippen LogP contribution in [0.3, 0.4) is 0 Å². The number of carbonyl (C=O) groups is 1. The fraction of sp³-hybridized carbons (Fsp3) is 0.375. The Morgan fingerprint density at radius 3 is 2.38 bits per heavy atom. The number of aryl methyl sites for hydroxylation is 3. The van der Waals surface area contributed by atoms with Crippen LogP contribution in [-0.4, -0.2) is 28.6 Å². The number of ether oxygens (including phenoxy) is 1. The number of amides is 1. The molecule has 3 aromatic carbocycles. The molecule has 0 bridgehead atoms. The van der Waals surface area contributed by atoms with Crippen LogP contribution in [-0.2, 0) is 16.8 Å². The number of rotatable bonds is 7. The molecule has 1 unspecified atom stereocenters. The molecular formula is C32H37N3O2. The topological polar surface area (TPSA) is 47.4 Å². The molecule has 1 aliphatic heterocycles. The minimum absolute atomic E-state index is 0.0616. The van der Waals surface area contributed by atoms with Crippen molar-refractivity contribution >= 4 is 22.6 Å². The maximum Gasteiger partial charge on any atom is 0.227 e. The lowest BCUT2D eigenvalue weighted by Crippen LogP contribution is -2.24. The molecule has 37 heavy (non-hydrogen) atoms. The van der Waals surface area contributed by atoms with Crippen molar-refractivity contribution in [3.63, 3.8) is 0 Å². The lowest BCUT2D eigenvalue weighted by Gasteiger charge is -2.19. The van der Waals surface area contributed by atoms with Gasteiger partial charge < -0.3 is 14.2 Å². The van der Waals surface area contributed by atoms with E-state index in [-0.39, 0.29) is 17.2 Å². The number of nitrogens with zero attached hydrogens (tertiary/aromatic N) is 3. The van der Waals surface area contributed by atoms with E-state index in [4.69, 9.17) is 9.72 Å². The number of imidazole rings is 1. The van der Waals surface area contributed by atoms with Gasteiger partial charge in [-0.15, -0.1) is 0 Å². The van der Waals surface area contributed by atoms with E-state index in [0.29, 0.717) is 19.6 Å². The van der Waals surface area contributed by atoms with Gasteiger partial charge in [0.05, 0.1) is 17.6 Å². The van der Waals surface area contributed by atoms with Crippen LogP contribution in [0.5, 0.6) is 5.75 Å². The Morgan fingerprint density at radius 1 is 0.973 bits per heavy atom. The number of benzene rings is 3. The van der Waals surface area contributed by atoms with Gasteiger partial charge in [-0.2, -0.15) is 0 Å². The Labute approximate surface area is 220 Å². The van der Waals surface area contributed by atoms with Crippen molar-refractivity contribution in [1.82, 2.24) is 9.55 Å². The lowest BCUT2D eigenvalue weighted by molar-refractivity contribution is -0.117. The van der Waals surface area contributed by atoms with Gasteiger partial charge in [0.15, 0.2) is 0 Å². The van der Waals surface area contributed by atoms with E-state index < -0.39 is 0 Å². The van der Waals surface area contributed by atoms with Crippen molar-refractivity contribution in [2.75, 3.05) is 18.1 Å². The highest BCUT2D eigenvalue weighted by Gasteiger charge is 2.35. The summed E-state index contributed by atoms with van der Waals surface area (Å²) in [5, 5.41) is 0. The third-order valence-electron chi connectivity index (χ3n) is 7.21. The Kier molecular flexibility index (Phi) is 6.80. The second-order valence-electron chi connectivity index (χ2n) is 11.3. The van der Waals surface area contributed by atoms with E-state index in [1.807, 2.05) is 11.0 Å². The predicted octanol–water partition coefficient (Wildman–Crippen LogP) is 6.94. The van der Waals surface area contributed by atoms with Crippen LogP contribution < -0.4 is 9.64 Å². The van der Waals surface area contributed by atoms with Gasteiger partial charge in [-0.05, 0) is 78.8 Å². The molecule has 0 radical (unpaired) electrons. The van der Waals surface area contributed by atoms with E-state index in [9.17, 15) is 4.79 Å². The van der Waals surface area contributed by atoms with E-state index in [0.717, 1.165) is 41.3 Å². The van der Waals surface area contributed by atoms with Crippen LogP contribution in [0.15, 0.2) is 66.7 Å². The molecule has 0 aliphatic carbocycles. The van der Waals surface area contributed by atoms with Crippen molar-refractivity contribution in [2.45, 2.75) is 65.3 Å². The Balaban J connectivity index is 1.31. The van der Waals surface area contributed by atoms with Crippen molar-refractivity contribution < 1.29 is 9.53 Å². The van der Waals surface area contributed by atoms with Crippen molar-refractivity contribution in [1.29, 1.82) is 0 Å². The molecule has 5 heteroatoms. The summed E-state index contributed by atoms with van der Waals surface area (Å²) in [6.07, 6.45) is 1.34. The SMILES string of the molecule is Cc1cc(C)cc(N2CC(c3nc4ccccc4n3CCCOc3ccc(C(C)(C)C)cc3)CC2=O)c1. The first-order valence-corrected chi connectivity index (χ1v) is 13.3. The summed E-state index contributed by atoms with van der Waals surface area (Å²) >= 11 is 0. The van der Waals surface area contributed by atoms with Crippen molar-refractivity contribution in [2.24, 2.45) is 0 Å². The molecule has 5 nitrogen and oxygen atoms in total. The van der Waals surface area contributed by atoms with Crippen LogP contribution in [0, 0.1) is 13.8 Å². The number of fused-ring (bicyclic) bond motifs is 1. The normalized spacial score (nSPS) is 16.1. The van der Waals surface area contributed by atoms with Gasteiger partial charge in [0.1, 0.15) is 11.6 Å². The van der Waals surface area contributed by atoms with Crippen LogP contribution in [0.1, 0.15) is 62.0 Å². The molecule has 1 atom stereocenters. The zero-order valence-electron chi connectivity index (χ0n) is 22.6. The number of para-hydroxylation sites is 2. The standard InChI is InChI=1S/C32H37N3O2/c1-22-17-23(2)19-26(18-22)35-21-24(20-30(35)36)31-33-28-9-6-7-10-29(28)34(31)15-8-16-37-27-13-11-25(12-14-27)32(3,4)5/h6-7,9-14,17-19,24H,8,15-16,20-21H2,1-5H3. The van der Waals surface area contributed by atoms with Gasteiger partial charge in [0, 0.05) is 31.1 Å². The zero-order valence-corrected chi connectivity index (χ0v) is 22.6. The smallest absolute Gasteiger partial charge is 0.227 e. The number of hydrogen-bond donors (Lipinski definition) is 0. The van der Waals surface area contributed by atoms with Crippen molar-refractivity contribution in [3.8, 4) is 5.75 Å². The summed E-state index contributed by atoms with van der Waals surface area (Å²) in [6.45, 7) is 12.9. The second-order valence-corrected chi connectivity index (χ2v) is 11.3. The van der Waals surface area contributed by atoms with Gasteiger partial charge in [0.25, 0.3) is 0 Å². The van der Waals surface area contributed by atoms with E-state index in [1.165, 1.54) is 16.7 Å². The molecule has 0 saturated carbocycles. The van der Waals surface area contributed by atoms with Gasteiger partial charge in [-0.25, -0.2) is 4.98 Å². The largest absolute Gasteiger partial charge is 0.494 e. The average molecular weight is 496 g/mol. The highest BCUT2D eigenvalue weighted by atomic mass is 16.5. The zero-order chi connectivity index (χ0) is 26.2. The number of anilines is 1. The molecule has 1 saturated heterocycles. The minimum atomic E-state index is 0.0616. The maximum absolute atomic E-state index is 13.1. The molecule has 0 spiro atoms. The molecular weight excluding hydrogens is 458 g/mol. The Hall–Kier alpha value is -3.60. The summed E-state index contributed by atoms with van der Waals surface area (Å²) < 4.78 is 8.36. The first-order valence-electron chi connectivity index (χ1n) is 13.3. The molecule has 192 valence electrons. The fourth-order valence-electron chi connectivity index (χ4n) is 5.34. The molecule has 1 fully saturated rings. The molecule has 1 aromatic heterocycles. The third kappa shape index (κ3) is 5.41. The van der Waals surface area contributed by atoms with Crippen LogP contribution >= 0.6 is 0 Å². The van der Waals surface area contributed by atoms with Gasteiger partial charge in [0.2, 0.25) is 5.91 Å². The Morgan fingerprint density at radius 2 is 1.68 bits per heavy atom. The van der Waals surface area contributed by atoms with E-state index >= 15 is 0 Å². The highest BCUT2D eigenvalue weighted by molar-refractivity contribution is 5.96. The second kappa shape index (κ2) is 10.0. The fourth-order valence-corrected chi connectivity index (χ4v) is 5.34. The average Bonchev–Trinajstić information content (AvgIpc) is 3.41. The summed E-state index contributed by atoms with van der Waals surface area (Å²) in [4.78, 5) is 20.0. The van der Waals surface area contributed by atoms with E-state index in [2.05, 4.69) is 99.8 Å². The van der Waals surface area contributed by atoms with Crippen LogP contribution in [0.25, 0.3) is 11.0 Å². The van der Waals surface area contributed by atoms with Gasteiger partial charge in [-0.3, -0.25) is 4.79 Å². The predicted molar refractivity (Wildman–Crippen MR) is 151 cm³/mol. The summed E-state index contributed by atoms with van der Waals surface area (Å²) in [5.41, 5.74) is 6.86. The van der Waals surface area contributed by atoms with E-state index in [1.54, 1.807) is 0 Å². The van der Waals surface area contributed by atoms with Gasteiger partial charge in [-0.1, -0.05) is 51.1 Å². The molecule has 1 amide bonds. The lowest BCUT2D eigenvalue weighted by atomic mass is 9.87. The number of aromatic nitrogens is 2. The van der Waals surface area contributed by atoms with Gasteiger partial charge >= 0.3 is 0 Å².